The van der Waals surface area contributed by atoms with E-state index in [0.29, 0.717) is 18.5 Å². The summed E-state index contributed by atoms with van der Waals surface area (Å²) in [6.45, 7) is 5.87. The van der Waals surface area contributed by atoms with Gasteiger partial charge in [-0.05, 0) is 39.5 Å². The molecule has 2 saturated carbocycles. The van der Waals surface area contributed by atoms with Crippen LogP contribution in [0.4, 0.5) is 11.6 Å². The molecule has 2 N–H and O–H groups in total. The van der Waals surface area contributed by atoms with E-state index in [-0.39, 0.29) is 6.61 Å². The van der Waals surface area contributed by atoms with E-state index in [4.69, 9.17) is 9.97 Å². The summed E-state index contributed by atoms with van der Waals surface area (Å²) in [7, 11) is 0. The summed E-state index contributed by atoms with van der Waals surface area (Å²) in [4.78, 5) is 11.8. The Hall–Kier alpha value is -1.36. The molecule has 0 amide bonds. The first-order chi connectivity index (χ1) is 9.74. The minimum absolute atomic E-state index is 0.176. The molecular weight excluding hydrogens is 252 g/mol. The average molecular weight is 276 g/mol. The quantitative estimate of drug-likeness (QED) is 0.798. The largest absolute Gasteiger partial charge is 0.395 e. The van der Waals surface area contributed by atoms with Crippen molar-refractivity contribution in [2.75, 3.05) is 29.9 Å². The van der Waals surface area contributed by atoms with Crippen molar-refractivity contribution in [3.05, 3.63) is 11.4 Å². The van der Waals surface area contributed by atoms with E-state index >= 15 is 0 Å². The second kappa shape index (κ2) is 5.56. The summed E-state index contributed by atoms with van der Waals surface area (Å²) in [6.07, 6.45) is 4.83. The Bertz CT molecular complexity index is 483. The lowest BCUT2D eigenvalue weighted by Crippen LogP contribution is -2.31. The predicted molar refractivity (Wildman–Crippen MR) is 80.4 cm³/mol. The van der Waals surface area contributed by atoms with Gasteiger partial charge in [-0.3, -0.25) is 0 Å². The molecule has 3 rings (SSSR count). The summed E-state index contributed by atoms with van der Waals surface area (Å²) in [6, 6.07) is 0.553. The van der Waals surface area contributed by atoms with E-state index in [9.17, 15) is 5.11 Å². The van der Waals surface area contributed by atoms with Gasteiger partial charge in [0.25, 0.3) is 0 Å². The Labute approximate surface area is 120 Å². The summed E-state index contributed by atoms with van der Waals surface area (Å²) >= 11 is 0. The van der Waals surface area contributed by atoms with Crippen molar-refractivity contribution in [2.24, 2.45) is 0 Å². The monoisotopic (exact) mass is 276 g/mol. The number of rotatable bonds is 7. The molecule has 1 aromatic heterocycles. The fourth-order valence-corrected chi connectivity index (χ4v) is 2.62. The molecule has 0 aromatic carbocycles. The molecule has 1 aromatic rings. The van der Waals surface area contributed by atoms with Gasteiger partial charge in [0.05, 0.1) is 6.61 Å². The van der Waals surface area contributed by atoms with Gasteiger partial charge in [0, 0.05) is 30.6 Å². The number of nitrogens with zero attached hydrogens (tertiary/aromatic N) is 3. The fraction of sp³-hybridized carbons (Fsp3) is 0.733. The van der Waals surface area contributed by atoms with Crippen LogP contribution in [0.5, 0.6) is 0 Å². The van der Waals surface area contributed by atoms with Gasteiger partial charge in [0.1, 0.15) is 17.5 Å². The number of nitrogens with one attached hydrogen (secondary N) is 1. The van der Waals surface area contributed by atoms with Crippen LogP contribution in [-0.4, -0.2) is 40.8 Å². The molecular formula is C15H24N4O. The zero-order valence-corrected chi connectivity index (χ0v) is 12.4. The third-order valence-corrected chi connectivity index (χ3v) is 4.02. The lowest BCUT2D eigenvalue weighted by atomic mass is 10.2. The molecule has 0 spiro atoms. The Balaban J connectivity index is 1.97. The van der Waals surface area contributed by atoms with Gasteiger partial charge in [-0.15, -0.1) is 0 Å². The molecule has 5 heteroatoms. The zero-order valence-electron chi connectivity index (χ0n) is 12.4. The lowest BCUT2D eigenvalue weighted by Gasteiger charge is -2.26. The SMILES string of the molecule is CCNc1nc(C2CC2)nc(N(CCO)C2CC2)c1C. The van der Waals surface area contributed by atoms with E-state index in [1.54, 1.807) is 0 Å². The number of aliphatic hydroxyl groups is 1. The Morgan fingerprint density at radius 1 is 1.25 bits per heavy atom. The highest BCUT2D eigenvalue weighted by atomic mass is 16.3. The lowest BCUT2D eigenvalue weighted by molar-refractivity contribution is 0.301. The second-order valence-electron chi connectivity index (χ2n) is 5.83. The maximum atomic E-state index is 9.33. The van der Waals surface area contributed by atoms with Gasteiger partial charge in [0.2, 0.25) is 0 Å². The van der Waals surface area contributed by atoms with Crippen molar-refractivity contribution in [2.45, 2.75) is 51.5 Å². The maximum Gasteiger partial charge on any atom is 0.137 e. The molecule has 0 bridgehead atoms. The third-order valence-electron chi connectivity index (χ3n) is 4.02. The fourth-order valence-electron chi connectivity index (χ4n) is 2.62. The van der Waals surface area contributed by atoms with E-state index in [1.807, 2.05) is 0 Å². The number of hydrogen-bond donors (Lipinski definition) is 2. The topological polar surface area (TPSA) is 61.3 Å². The minimum atomic E-state index is 0.176. The predicted octanol–water partition coefficient (Wildman–Crippen LogP) is 2.06. The van der Waals surface area contributed by atoms with E-state index < -0.39 is 0 Å². The first-order valence-electron chi connectivity index (χ1n) is 7.74. The third kappa shape index (κ3) is 2.73. The highest BCUT2D eigenvalue weighted by Crippen LogP contribution is 2.41. The van der Waals surface area contributed by atoms with Crippen LogP contribution in [-0.2, 0) is 0 Å². The highest BCUT2D eigenvalue weighted by Gasteiger charge is 2.33. The van der Waals surface area contributed by atoms with Crippen LogP contribution in [0.2, 0.25) is 0 Å². The smallest absolute Gasteiger partial charge is 0.137 e. The number of aromatic nitrogens is 2. The van der Waals surface area contributed by atoms with E-state index in [2.05, 4.69) is 24.1 Å². The molecule has 0 radical (unpaired) electrons. The van der Waals surface area contributed by atoms with Gasteiger partial charge in [0.15, 0.2) is 0 Å². The van der Waals surface area contributed by atoms with Gasteiger partial charge in [-0.1, -0.05) is 0 Å². The number of hydrogen-bond acceptors (Lipinski definition) is 5. The summed E-state index contributed by atoms with van der Waals surface area (Å²) in [5.41, 5.74) is 1.11. The van der Waals surface area contributed by atoms with Crippen molar-refractivity contribution < 1.29 is 5.11 Å². The summed E-state index contributed by atoms with van der Waals surface area (Å²) in [5, 5.41) is 12.7. The number of anilines is 2. The van der Waals surface area contributed by atoms with E-state index in [1.165, 1.54) is 25.7 Å². The van der Waals surface area contributed by atoms with Crippen molar-refractivity contribution >= 4 is 11.6 Å². The molecule has 1 heterocycles. The Kier molecular flexibility index (Phi) is 3.78. The van der Waals surface area contributed by atoms with Crippen molar-refractivity contribution in [3.8, 4) is 0 Å². The zero-order chi connectivity index (χ0) is 14.1. The molecule has 20 heavy (non-hydrogen) atoms. The van der Waals surface area contributed by atoms with Crippen molar-refractivity contribution in [1.82, 2.24) is 9.97 Å². The first kappa shape index (κ1) is 13.6. The maximum absolute atomic E-state index is 9.33. The second-order valence-corrected chi connectivity index (χ2v) is 5.83. The Morgan fingerprint density at radius 2 is 2.00 bits per heavy atom. The molecule has 110 valence electrons. The van der Waals surface area contributed by atoms with Crippen LogP contribution in [0.25, 0.3) is 0 Å². The van der Waals surface area contributed by atoms with Gasteiger partial charge in [-0.2, -0.15) is 0 Å². The number of aliphatic hydroxyl groups excluding tert-OH is 1. The van der Waals surface area contributed by atoms with Crippen LogP contribution in [0, 0.1) is 6.92 Å². The molecule has 5 nitrogen and oxygen atoms in total. The van der Waals surface area contributed by atoms with Gasteiger partial charge in [-0.25, -0.2) is 9.97 Å². The standard InChI is InChI=1S/C15H24N4O/c1-3-16-13-10(2)15(18-14(17-13)11-4-5-11)19(8-9-20)12-6-7-12/h11-12,20H,3-9H2,1-2H3,(H,16,17,18). The molecule has 0 aliphatic heterocycles. The van der Waals surface area contributed by atoms with Gasteiger partial charge < -0.3 is 15.3 Å². The normalized spacial score (nSPS) is 18.1. The molecule has 0 unspecified atom stereocenters. The summed E-state index contributed by atoms with van der Waals surface area (Å²) in [5.74, 6) is 3.50. The van der Waals surface area contributed by atoms with Crippen LogP contribution in [0.15, 0.2) is 0 Å². The molecule has 0 atom stereocenters. The molecule has 0 saturated heterocycles. The van der Waals surface area contributed by atoms with Crippen LogP contribution in [0.1, 0.15) is 49.9 Å². The van der Waals surface area contributed by atoms with E-state index in [0.717, 1.165) is 29.6 Å². The highest BCUT2D eigenvalue weighted by molar-refractivity contribution is 5.60. The average Bonchev–Trinajstić information content (AvgIpc) is 3.29. The van der Waals surface area contributed by atoms with Crippen molar-refractivity contribution in [1.29, 1.82) is 0 Å². The van der Waals surface area contributed by atoms with Gasteiger partial charge >= 0.3 is 0 Å². The first-order valence-corrected chi connectivity index (χ1v) is 7.74. The molecule has 2 aliphatic rings. The summed E-state index contributed by atoms with van der Waals surface area (Å²) < 4.78 is 0. The van der Waals surface area contributed by atoms with Crippen LogP contribution >= 0.6 is 0 Å². The van der Waals surface area contributed by atoms with Crippen LogP contribution in [0.3, 0.4) is 0 Å². The minimum Gasteiger partial charge on any atom is -0.395 e. The molecule has 2 aliphatic carbocycles. The van der Waals surface area contributed by atoms with Crippen molar-refractivity contribution in [3.63, 3.8) is 0 Å². The molecule has 2 fully saturated rings. The Morgan fingerprint density at radius 3 is 2.55 bits per heavy atom. The van der Waals surface area contributed by atoms with Crippen LogP contribution < -0.4 is 10.2 Å².